The smallest absolute Gasteiger partial charge is 0.416 e. The van der Waals surface area contributed by atoms with E-state index in [1.807, 2.05) is 17.0 Å². The number of likely N-dealkylation sites (tertiary alicyclic amines) is 1. The number of carbonyl (C=O) groups excluding carboxylic acids is 2. The lowest BCUT2D eigenvalue weighted by Crippen LogP contribution is -2.52. The maximum absolute atomic E-state index is 13.0. The number of anilines is 2. The van der Waals surface area contributed by atoms with Gasteiger partial charge in [-0.1, -0.05) is 12.1 Å². The van der Waals surface area contributed by atoms with Crippen LogP contribution in [0.5, 0.6) is 5.75 Å². The summed E-state index contributed by atoms with van der Waals surface area (Å²) in [5, 5.41) is 2.62. The van der Waals surface area contributed by atoms with E-state index >= 15 is 0 Å². The minimum Gasteiger partial charge on any atom is -0.477 e. The maximum atomic E-state index is 13.0. The first kappa shape index (κ1) is 22.0. The van der Waals surface area contributed by atoms with Crippen LogP contribution in [0, 0.1) is 0 Å². The van der Waals surface area contributed by atoms with E-state index in [0.717, 1.165) is 31.4 Å². The molecular formula is C23H24F3N3O3. The van der Waals surface area contributed by atoms with Crippen molar-refractivity contribution in [1.29, 1.82) is 0 Å². The molecule has 4 rings (SSSR count). The van der Waals surface area contributed by atoms with Crippen LogP contribution in [0.1, 0.15) is 24.8 Å². The molecule has 0 saturated carbocycles. The van der Waals surface area contributed by atoms with Crippen LogP contribution < -0.4 is 15.0 Å². The van der Waals surface area contributed by atoms with Crippen LogP contribution in [0.15, 0.2) is 48.5 Å². The van der Waals surface area contributed by atoms with Crippen molar-refractivity contribution in [3.63, 3.8) is 0 Å². The number of nitrogens with zero attached hydrogens (tertiary/aromatic N) is 2. The minimum absolute atomic E-state index is 0.0643. The predicted molar refractivity (Wildman–Crippen MR) is 114 cm³/mol. The van der Waals surface area contributed by atoms with Crippen LogP contribution in [-0.2, 0) is 15.8 Å². The highest BCUT2D eigenvalue weighted by Gasteiger charge is 2.34. The molecule has 2 amide bonds. The van der Waals surface area contributed by atoms with E-state index in [2.05, 4.69) is 5.32 Å². The molecule has 0 radical (unpaired) electrons. The molecule has 0 spiro atoms. The molecule has 32 heavy (non-hydrogen) atoms. The molecule has 2 aliphatic heterocycles. The van der Waals surface area contributed by atoms with Crippen molar-refractivity contribution in [2.24, 2.45) is 0 Å². The second kappa shape index (κ2) is 9.10. The van der Waals surface area contributed by atoms with Crippen LogP contribution in [0.2, 0.25) is 0 Å². The molecule has 6 nitrogen and oxygen atoms in total. The Balaban J connectivity index is 1.45. The SMILES string of the molecule is O=C(CN1C[C@@H](C(=O)N2CCCCC2)Oc2ccccc21)Nc1ccc(C(F)(F)F)cc1. The number of nitrogens with one attached hydrogen (secondary N) is 1. The molecule has 0 aromatic heterocycles. The third kappa shape index (κ3) is 4.98. The Morgan fingerprint density at radius 1 is 1.00 bits per heavy atom. The fourth-order valence-electron chi connectivity index (χ4n) is 4.02. The normalized spacial score (nSPS) is 18.5. The predicted octanol–water partition coefficient (Wildman–Crippen LogP) is 3.92. The van der Waals surface area contributed by atoms with Crippen LogP contribution in [0.25, 0.3) is 0 Å². The molecule has 1 atom stereocenters. The standard InChI is InChI=1S/C23H24F3N3O3/c24-23(25,26)16-8-10-17(11-9-16)27-21(30)15-29-14-20(22(31)28-12-4-1-5-13-28)32-19-7-3-2-6-18(19)29/h2-3,6-11,20H,1,4-5,12-15H2,(H,27,30)/t20-/m0/s1. The Labute approximate surface area is 183 Å². The Bertz CT molecular complexity index is 972. The summed E-state index contributed by atoms with van der Waals surface area (Å²) in [6.45, 7) is 1.56. The summed E-state index contributed by atoms with van der Waals surface area (Å²) in [5.41, 5.74) is 0.180. The van der Waals surface area contributed by atoms with Crippen molar-refractivity contribution in [2.45, 2.75) is 31.5 Å². The molecule has 1 saturated heterocycles. The van der Waals surface area contributed by atoms with Gasteiger partial charge in [0.1, 0.15) is 5.75 Å². The van der Waals surface area contributed by atoms with Gasteiger partial charge in [0.2, 0.25) is 5.91 Å². The lowest BCUT2D eigenvalue weighted by molar-refractivity contribution is -0.139. The Morgan fingerprint density at radius 2 is 1.69 bits per heavy atom. The van der Waals surface area contributed by atoms with E-state index in [-0.39, 0.29) is 24.7 Å². The maximum Gasteiger partial charge on any atom is 0.416 e. The van der Waals surface area contributed by atoms with Gasteiger partial charge < -0.3 is 19.9 Å². The van der Waals surface area contributed by atoms with Gasteiger partial charge in [-0.05, 0) is 55.7 Å². The quantitative estimate of drug-likeness (QED) is 0.772. The van der Waals surface area contributed by atoms with E-state index in [1.54, 1.807) is 17.0 Å². The van der Waals surface area contributed by atoms with Gasteiger partial charge >= 0.3 is 6.18 Å². The van der Waals surface area contributed by atoms with Crippen molar-refractivity contribution in [2.75, 3.05) is 36.4 Å². The molecule has 0 unspecified atom stereocenters. The number of hydrogen-bond acceptors (Lipinski definition) is 4. The first-order valence-electron chi connectivity index (χ1n) is 10.6. The summed E-state index contributed by atoms with van der Waals surface area (Å²) < 4.78 is 44.1. The fraction of sp³-hybridized carbons (Fsp3) is 0.391. The molecule has 2 aromatic carbocycles. The monoisotopic (exact) mass is 447 g/mol. The summed E-state index contributed by atoms with van der Waals surface area (Å²) in [6.07, 6.45) is -2.12. The van der Waals surface area contributed by atoms with E-state index in [1.165, 1.54) is 12.1 Å². The van der Waals surface area contributed by atoms with Crippen molar-refractivity contribution >= 4 is 23.2 Å². The van der Waals surface area contributed by atoms with Gasteiger partial charge in [-0.15, -0.1) is 0 Å². The summed E-state index contributed by atoms with van der Waals surface area (Å²) in [6, 6.07) is 11.5. The number of carbonyl (C=O) groups is 2. The Morgan fingerprint density at radius 3 is 2.38 bits per heavy atom. The largest absolute Gasteiger partial charge is 0.477 e. The van der Waals surface area contributed by atoms with Gasteiger partial charge in [0.25, 0.3) is 5.91 Å². The summed E-state index contributed by atoms with van der Waals surface area (Å²) in [7, 11) is 0. The number of alkyl halides is 3. The van der Waals surface area contributed by atoms with Crippen LogP contribution in [0.4, 0.5) is 24.5 Å². The number of para-hydroxylation sites is 2. The van der Waals surface area contributed by atoms with E-state index in [0.29, 0.717) is 24.5 Å². The molecule has 0 bridgehead atoms. The molecule has 9 heteroatoms. The average Bonchev–Trinajstić information content (AvgIpc) is 2.79. The first-order valence-corrected chi connectivity index (χ1v) is 10.6. The second-order valence-electron chi connectivity index (χ2n) is 7.96. The number of piperidine rings is 1. The molecular weight excluding hydrogens is 423 g/mol. The zero-order chi connectivity index (χ0) is 22.7. The average molecular weight is 447 g/mol. The molecule has 2 aromatic rings. The summed E-state index contributed by atoms with van der Waals surface area (Å²) >= 11 is 0. The molecule has 1 fully saturated rings. The summed E-state index contributed by atoms with van der Waals surface area (Å²) in [5.74, 6) is 0.0365. The zero-order valence-corrected chi connectivity index (χ0v) is 17.4. The number of amides is 2. The van der Waals surface area contributed by atoms with Gasteiger partial charge in [-0.25, -0.2) is 0 Å². The van der Waals surface area contributed by atoms with Gasteiger partial charge in [0.05, 0.1) is 24.3 Å². The number of rotatable bonds is 4. The number of hydrogen-bond donors (Lipinski definition) is 1. The first-order chi connectivity index (χ1) is 15.3. The minimum atomic E-state index is -4.43. The van der Waals surface area contributed by atoms with Gasteiger partial charge in [0.15, 0.2) is 6.10 Å². The van der Waals surface area contributed by atoms with Crippen molar-refractivity contribution in [3.05, 3.63) is 54.1 Å². The number of halogens is 3. The lowest BCUT2D eigenvalue weighted by atomic mass is 10.1. The second-order valence-corrected chi connectivity index (χ2v) is 7.96. The highest BCUT2D eigenvalue weighted by Crippen LogP contribution is 2.34. The van der Waals surface area contributed by atoms with Crippen molar-refractivity contribution in [1.82, 2.24) is 4.90 Å². The van der Waals surface area contributed by atoms with Crippen molar-refractivity contribution < 1.29 is 27.5 Å². The Hall–Kier alpha value is -3.23. The Kier molecular flexibility index (Phi) is 6.25. The molecule has 0 aliphatic carbocycles. The third-order valence-electron chi connectivity index (χ3n) is 5.64. The number of ether oxygens (including phenoxy) is 1. The zero-order valence-electron chi connectivity index (χ0n) is 17.4. The van der Waals surface area contributed by atoms with Gasteiger partial charge in [-0.3, -0.25) is 9.59 Å². The van der Waals surface area contributed by atoms with Crippen LogP contribution in [0.3, 0.4) is 0 Å². The highest BCUT2D eigenvalue weighted by molar-refractivity contribution is 5.95. The number of fused-ring (bicyclic) bond motifs is 1. The number of benzene rings is 2. The van der Waals surface area contributed by atoms with Gasteiger partial charge in [-0.2, -0.15) is 13.2 Å². The third-order valence-corrected chi connectivity index (χ3v) is 5.64. The lowest BCUT2D eigenvalue weighted by Gasteiger charge is -2.38. The fourth-order valence-corrected chi connectivity index (χ4v) is 4.02. The van der Waals surface area contributed by atoms with E-state index < -0.39 is 23.8 Å². The molecule has 1 N–H and O–H groups in total. The summed E-state index contributed by atoms with van der Waals surface area (Å²) in [4.78, 5) is 29.2. The molecule has 170 valence electrons. The van der Waals surface area contributed by atoms with E-state index in [9.17, 15) is 22.8 Å². The highest BCUT2D eigenvalue weighted by atomic mass is 19.4. The van der Waals surface area contributed by atoms with Crippen molar-refractivity contribution in [3.8, 4) is 5.75 Å². The van der Waals surface area contributed by atoms with E-state index in [4.69, 9.17) is 4.74 Å². The molecule has 2 heterocycles. The molecule has 2 aliphatic rings. The van der Waals surface area contributed by atoms with Crippen LogP contribution in [-0.4, -0.2) is 49.0 Å². The van der Waals surface area contributed by atoms with Crippen LogP contribution >= 0.6 is 0 Å². The van der Waals surface area contributed by atoms with Gasteiger partial charge in [0, 0.05) is 18.8 Å². The topological polar surface area (TPSA) is 61.9 Å².